The Balaban J connectivity index is 1.71. The summed E-state index contributed by atoms with van der Waals surface area (Å²) in [5, 5.41) is 4.02. The summed E-state index contributed by atoms with van der Waals surface area (Å²) in [7, 11) is 2.85. The summed E-state index contributed by atoms with van der Waals surface area (Å²) in [4.78, 5) is 20.4. The fraction of sp³-hybridized carbons (Fsp3) is 0.143. The number of methoxy groups -OCH3 is 1. The van der Waals surface area contributed by atoms with Crippen LogP contribution in [0.5, 0.6) is 29.3 Å². The average molecular weight is 459 g/mol. The molecule has 0 aliphatic rings. The van der Waals surface area contributed by atoms with E-state index in [1.807, 2.05) is 0 Å². The number of rotatable bonds is 6. The second kappa shape index (κ2) is 8.65. The number of ether oxygens (including phenoxy) is 3. The average Bonchev–Trinajstić information content (AvgIpc) is 3.05. The van der Waals surface area contributed by atoms with Gasteiger partial charge in [-0.25, -0.2) is 37.2 Å². The van der Waals surface area contributed by atoms with Gasteiger partial charge in [0.1, 0.15) is 17.8 Å². The molecule has 0 saturated heterocycles. The lowest BCUT2D eigenvalue weighted by Crippen LogP contribution is -2.22. The first-order valence-corrected chi connectivity index (χ1v) is 9.40. The van der Waals surface area contributed by atoms with Crippen LogP contribution in [0.25, 0.3) is 5.69 Å². The van der Waals surface area contributed by atoms with Crippen molar-refractivity contribution in [2.24, 2.45) is 7.05 Å². The molecular weight excluding hydrogens is 443 g/mol. The molecule has 0 spiro atoms. The molecule has 2 aromatic carbocycles. The van der Waals surface area contributed by atoms with E-state index in [1.54, 1.807) is 25.1 Å². The fourth-order valence-electron chi connectivity index (χ4n) is 3.04. The summed E-state index contributed by atoms with van der Waals surface area (Å²) in [5.41, 5.74) is 0.547. The predicted octanol–water partition coefficient (Wildman–Crippen LogP) is 3.68. The van der Waals surface area contributed by atoms with E-state index in [9.17, 15) is 18.0 Å². The van der Waals surface area contributed by atoms with Crippen LogP contribution in [0.15, 0.2) is 47.5 Å². The van der Waals surface area contributed by atoms with Crippen LogP contribution in [0.3, 0.4) is 0 Å². The number of para-hydroxylation sites is 1. The van der Waals surface area contributed by atoms with Gasteiger partial charge < -0.3 is 14.2 Å². The summed E-state index contributed by atoms with van der Waals surface area (Å²) < 4.78 is 59.5. The van der Waals surface area contributed by atoms with Crippen LogP contribution in [0.2, 0.25) is 0 Å². The molecule has 0 amide bonds. The lowest BCUT2D eigenvalue weighted by Gasteiger charge is -2.14. The van der Waals surface area contributed by atoms with Crippen molar-refractivity contribution in [2.45, 2.75) is 6.92 Å². The molecule has 0 saturated carbocycles. The van der Waals surface area contributed by atoms with Gasteiger partial charge in [0, 0.05) is 19.2 Å². The largest absolute Gasteiger partial charge is 0.467 e. The van der Waals surface area contributed by atoms with E-state index in [4.69, 9.17) is 14.2 Å². The normalized spacial score (nSPS) is 10.8. The maximum Gasteiger partial charge on any atom is 0.353 e. The molecule has 2 aromatic heterocycles. The first kappa shape index (κ1) is 21.9. The van der Waals surface area contributed by atoms with Crippen LogP contribution in [-0.2, 0) is 7.05 Å². The Morgan fingerprint density at radius 3 is 2.30 bits per heavy atom. The minimum atomic E-state index is -1.24. The molecular formula is C21H16F3N5O4. The Kier molecular flexibility index (Phi) is 5.73. The first-order valence-electron chi connectivity index (χ1n) is 9.40. The molecule has 4 rings (SSSR count). The zero-order valence-corrected chi connectivity index (χ0v) is 17.5. The Labute approximate surface area is 184 Å². The molecule has 9 nitrogen and oxygen atoms in total. The molecule has 0 atom stereocenters. The highest BCUT2D eigenvalue weighted by Gasteiger charge is 2.21. The van der Waals surface area contributed by atoms with Crippen molar-refractivity contribution in [3.05, 3.63) is 76.2 Å². The van der Waals surface area contributed by atoms with E-state index in [0.29, 0.717) is 23.4 Å². The number of hydrogen-bond acceptors (Lipinski definition) is 7. The van der Waals surface area contributed by atoms with Gasteiger partial charge in [0.15, 0.2) is 17.4 Å². The second-order valence-electron chi connectivity index (χ2n) is 6.75. The maximum absolute atomic E-state index is 13.9. The van der Waals surface area contributed by atoms with E-state index in [-0.39, 0.29) is 23.5 Å². The van der Waals surface area contributed by atoms with Crippen LogP contribution >= 0.6 is 0 Å². The lowest BCUT2D eigenvalue weighted by atomic mass is 10.2. The Hall–Kier alpha value is -4.35. The molecule has 0 N–H and O–H groups in total. The molecule has 4 aromatic rings. The van der Waals surface area contributed by atoms with Gasteiger partial charge in [0.05, 0.1) is 13.2 Å². The minimum Gasteiger partial charge on any atom is -0.467 e. The molecule has 2 heterocycles. The summed E-state index contributed by atoms with van der Waals surface area (Å²) in [6.45, 7) is 1.76. The summed E-state index contributed by atoms with van der Waals surface area (Å²) in [5.74, 6) is -4.48. The van der Waals surface area contributed by atoms with Gasteiger partial charge in [0.2, 0.25) is 17.5 Å². The molecule has 0 bridgehead atoms. The van der Waals surface area contributed by atoms with Crippen molar-refractivity contribution in [2.75, 3.05) is 7.11 Å². The number of aromatic nitrogens is 5. The summed E-state index contributed by atoms with van der Waals surface area (Å²) in [6.07, 6.45) is 1.05. The number of nitrogens with zero attached hydrogens (tertiary/aromatic N) is 5. The van der Waals surface area contributed by atoms with Crippen molar-refractivity contribution >= 4 is 0 Å². The van der Waals surface area contributed by atoms with Gasteiger partial charge in [-0.2, -0.15) is 0 Å². The molecule has 12 heteroatoms. The van der Waals surface area contributed by atoms with Crippen LogP contribution in [0, 0.1) is 24.4 Å². The standard InChI is InChI=1S/C21H16F3N5O4/c1-11-5-4-6-15(18(11)29-20(31-3)27-28(2)21(29)30)32-16-9-17(26-10-25-16)33-19-13(23)7-12(22)8-14(19)24/h4-10H,1-3H3. The molecule has 0 aliphatic heterocycles. The van der Waals surface area contributed by atoms with Gasteiger partial charge in [0.25, 0.3) is 0 Å². The Bertz CT molecular complexity index is 1380. The second-order valence-corrected chi connectivity index (χ2v) is 6.75. The monoisotopic (exact) mass is 459 g/mol. The zero-order chi connectivity index (χ0) is 23.7. The predicted molar refractivity (Wildman–Crippen MR) is 109 cm³/mol. The quantitative estimate of drug-likeness (QED) is 0.434. The SMILES string of the molecule is COc1nn(C)c(=O)n1-c1c(C)cccc1Oc1cc(Oc2c(F)cc(F)cc2F)ncn1. The van der Waals surface area contributed by atoms with E-state index in [2.05, 4.69) is 15.1 Å². The van der Waals surface area contributed by atoms with Crippen molar-refractivity contribution in [1.29, 1.82) is 0 Å². The summed E-state index contributed by atoms with van der Waals surface area (Å²) in [6, 6.07) is 7.22. The van der Waals surface area contributed by atoms with E-state index < -0.39 is 28.9 Å². The van der Waals surface area contributed by atoms with Gasteiger partial charge in [-0.05, 0) is 18.6 Å². The number of aryl methyl sites for hydroxylation is 2. The highest BCUT2D eigenvalue weighted by molar-refractivity contribution is 5.54. The first-order chi connectivity index (χ1) is 15.8. The zero-order valence-electron chi connectivity index (χ0n) is 17.5. The van der Waals surface area contributed by atoms with E-state index in [1.165, 1.54) is 24.8 Å². The van der Waals surface area contributed by atoms with Crippen LogP contribution in [0.4, 0.5) is 13.2 Å². The third-order valence-electron chi connectivity index (χ3n) is 4.50. The maximum atomic E-state index is 13.9. The van der Waals surface area contributed by atoms with Crippen molar-refractivity contribution < 1.29 is 27.4 Å². The minimum absolute atomic E-state index is 0.0376. The van der Waals surface area contributed by atoms with E-state index >= 15 is 0 Å². The number of benzene rings is 2. The smallest absolute Gasteiger partial charge is 0.353 e. The van der Waals surface area contributed by atoms with Crippen LogP contribution < -0.4 is 19.9 Å². The van der Waals surface area contributed by atoms with Crippen LogP contribution in [-0.4, -0.2) is 31.4 Å². The van der Waals surface area contributed by atoms with Gasteiger partial charge in [-0.3, -0.25) is 0 Å². The van der Waals surface area contributed by atoms with Gasteiger partial charge in [-0.1, -0.05) is 12.1 Å². The third kappa shape index (κ3) is 4.22. The van der Waals surface area contributed by atoms with Gasteiger partial charge >= 0.3 is 11.7 Å². The highest BCUT2D eigenvalue weighted by atomic mass is 19.1. The van der Waals surface area contributed by atoms with Crippen molar-refractivity contribution in [3.8, 4) is 35.0 Å². The molecule has 0 aliphatic carbocycles. The van der Waals surface area contributed by atoms with E-state index in [0.717, 1.165) is 11.0 Å². The van der Waals surface area contributed by atoms with Crippen molar-refractivity contribution in [3.63, 3.8) is 0 Å². The number of hydrogen-bond donors (Lipinski definition) is 0. The van der Waals surface area contributed by atoms with Crippen LogP contribution in [0.1, 0.15) is 5.56 Å². The van der Waals surface area contributed by atoms with Gasteiger partial charge in [-0.15, -0.1) is 5.10 Å². The fourth-order valence-corrected chi connectivity index (χ4v) is 3.04. The Morgan fingerprint density at radius 1 is 0.970 bits per heavy atom. The molecule has 0 fully saturated rings. The molecule has 0 unspecified atom stereocenters. The third-order valence-corrected chi connectivity index (χ3v) is 4.50. The number of halogens is 3. The molecule has 0 radical (unpaired) electrons. The Morgan fingerprint density at radius 2 is 1.64 bits per heavy atom. The summed E-state index contributed by atoms with van der Waals surface area (Å²) >= 11 is 0. The molecule has 170 valence electrons. The highest BCUT2D eigenvalue weighted by Crippen LogP contribution is 2.33. The lowest BCUT2D eigenvalue weighted by molar-refractivity contribution is 0.366. The topological polar surface area (TPSA) is 93.3 Å². The molecule has 33 heavy (non-hydrogen) atoms. The van der Waals surface area contributed by atoms with Crippen molar-refractivity contribution in [1.82, 2.24) is 24.3 Å².